The molecule has 0 aromatic heterocycles. The Bertz CT molecular complexity index is 252. The first-order chi connectivity index (χ1) is 7.03. The van der Waals surface area contributed by atoms with Gasteiger partial charge < -0.3 is 0 Å². The zero-order valence-electron chi connectivity index (χ0n) is 12.6. The molecule has 0 saturated carbocycles. The molecule has 0 unspecified atom stereocenters. The molecular weight excluding hydrogens is 192 g/mol. The van der Waals surface area contributed by atoms with E-state index in [1.165, 1.54) is 12.8 Å². The predicted octanol–water partition coefficient (Wildman–Crippen LogP) is 5.44. The van der Waals surface area contributed by atoms with Gasteiger partial charge >= 0.3 is 0 Å². The van der Waals surface area contributed by atoms with E-state index in [9.17, 15) is 0 Å². The minimum Gasteiger partial charge on any atom is -0.0741 e. The summed E-state index contributed by atoms with van der Waals surface area (Å²) in [5.74, 6) is 1.66. The first-order valence-corrected chi connectivity index (χ1v) is 6.68. The highest BCUT2D eigenvalue weighted by atomic mass is 14.5. The Hall–Kier alpha value is -0.260. The molecule has 0 radical (unpaired) electrons. The van der Waals surface area contributed by atoms with Crippen molar-refractivity contribution in [3.63, 3.8) is 0 Å². The van der Waals surface area contributed by atoms with Crippen LogP contribution in [0.15, 0.2) is 11.1 Å². The Labute approximate surface area is 103 Å². The summed E-state index contributed by atoms with van der Waals surface area (Å²) in [7, 11) is 0. The molecular formula is C16H30. The van der Waals surface area contributed by atoms with Crippen LogP contribution in [0.25, 0.3) is 0 Å². The maximum atomic E-state index is 2.41. The van der Waals surface area contributed by atoms with Gasteiger partial charge in [-0.15, -0.1) is 0 Å². The highest BCUT2D eigenvalue weighted by Gasteiger charge is 2.41. The molecule has 0 N–H and O–H groups in total. The lowest BCUT2D eigenvalue weighted by Gasteiger charge is -2.45. The highest BCUT2D eigenvalue weighted by molar-refractivity contribution is 5.18. The number of hydrogen-bond donors (Lipinski definition) is 0. The Balaban J connectivity index is 2.91. The quantitative estimate of drug-likeness (QED) is 0.518. The van der Waals surface area contributed by atoms with Crippen molar-refractivity contribution in [2.75, 3.05) is 0 Å². The largest absolute Gasteiger partial charge is 0.0741 e. The molecule has 16 heavy (non-hydrogen) atoms. The standard InChI is InChI=1S/C16H30/c1-11-9-13(10-12(11)2)14(15(3,4)5)16(6,7)8/h13-14H,9-10H2,1-8H3. The van der Waals surface area contributed by atoms with Crippen molar-refractivity contribution in [2.24, 2.45) is 22.7 Å². The molecule has 0 aliphatic heterocycles. The predicted molar refractivity (Wildman–Crippen MR) is 73.5 cm³/mol. The molecule has 0 fully saturated rings. The van der Waals surface area contributed by atoms with Crippen LogP contribution in [0.4, 0.5) is 0 Å². The van der Waals surface area contributed by atoms with Crippen LogP contribution < -0.4 is 0 Å². The van der Waals surface area contributed by atoms with Crippen LogP contribution in [-0.2, 0) is 0 Å². The highest BCUT2D eigenvalue weighted by Crippen LogP contribution is 2.50. The molecule has 0 heteroatoms. The van der Waals surface area contributed by atoms with Crippen LogP contribution in [-0.4, -0.2) is 0 Å². The van der Waals surface area contributed by atoms with Gasteiger partial charge in [0.15, 0.2) is 0 Å². The second-order valence-electron chi connectivity index (χ2n) is 7.94. The number of rotatable bonds is 1. The number of hydrogen-bond acceptors (Lipinski definition) is 0. The molecule has 0 saturated heterocycles. The van der Waals surface area contributed by atoms with Crippen molar-refractivity contribution in [1.82, 2.24) is 0 Å². The average Bonchev–Trinajstić information content (AvgIpc) is 2.24. The van der Waals surface area contributed by atoms with Crippen LogP contribution in [0, 0.1) is 22.7 Å². The topological polar surface area (TPSA) is 0 Å². The zero-order valence-corrected chi connectivity index (χ0v) is 12.6. The number of allylic oxidation sites excluding steroid dienone is 2. The van der Waals surface area contributed by atoms with Gasteiger partial charge in [-0.3, -0.25) is 0 Å². The lowest BCUT2D eigenvalue weighted by Crippen LogP contribution is -2.37. The minimum absolute atomic E-state index is 0.411. The van der Waals surface area contributed by atoms with Crippen LogP contribution in [0.2, 0.25) is 0 Å². The summed E-state index contributed by atoms with van der Waals surface area (Å²) in [5.41, 5.74) is 4.11. The van der Waals surface area contributed by atoms with Gasteiger partial charge in [-0.1, -0.05) is 52.7 Å². The fourth-order valence-corrected chi connectivity index (χ4v) is 4.16. The van der Waals surface area contributed by atoms with Gasteiger partial charge in [-0.05, 0) is 49.4 Å². The molecule has 1 rings (SSSR count). The fraction of sp³-hybridized carbons (Fsp3) is 0.875. The first kappa shape index (κ1) is 13.8. The normalized spacial score (nSPS) is 20.1. The summed E-state index contributed by atoms with van der Waals surface area (Å²) >= 11 is 0. The lowest BCUT2D eigenvalue weighted by atomic mass is 9.60. The smallest absolute Gasteiger partial charge is 0.0282 e. The van der Waals surface area contributed by atoms with Crippen molar-refractivity contribution < 1.29 is 0 Å². The molecule has 0 aromatic carbocycles. The third kappa shape index (κ3) is 2.90. The molecule has 0 heterocycles. The second kappa shape index (κ2) is 4.20. The molecule has 94 valence electrons. The van der Waals surface area contributed by atoms with Crippen molar-refractivity contribution in [3.05, 3.63) is 11.1 Å². The Kier molecular flexibility index (Phi) is 3.62. The molecule has 0 nitrogen and oxygen atoms in total. The van der Waals surface area contributed by atoms with Gasteiger partial charge in [0.1, 0.15) is 0 Å². The second-order valence-corrected chi connectivity index (χ2v) is 7.94. The van der Waals surface area contributed by atoms with Gasteiger partial charge in [-0.2, -0.15) is 0 Å². The van der Waals surface area contributed by atoms with E-state index in [4.69, 9.17) is 0 Å². The van der Waals surface area contributed by atoms with E-state index in [1.807, 2.05) is 0 Å². The monoisotopic (exact) mass is 222 g/mol. The molecule has 0 amide bonds. The van der Waals surface area contributed by atoms with Crippen molar-refractivity contribution in [3.8, 4) is 0 Å². The minimum atomic E-state index is 0.411. The molecule has 1 aliphatic carbocycles. The van der Waals surface area contributed by atoms with Crippen LogP contribution >= 0.6 is 0 Å². The van der Waals surface area contributed by atoms with E-state index in [2.05, 4.69) is 55.4 Å². The van der Waals surface area contributed by atoms with Gasteiger partial charge in [0.05, 0.1) is 0 Å². The summed E-state index contributed by atoms with van der Waals surface area (Å²) < 4.78 is 0. The third-order valence-electron chi connectivity index (χ3n) is 4.20. The maximum Gasteiger partial charge on any atom is -0.0282 e. The Morgan fingerprint density at radius 2 is 1.12 bits per heavy atom. The summed E-state index contributed by atoms with van der Waals surface area (Å²) in [6.45, 7) is 19.1. The summed E-state index contributed by atoms with van der Waals surface area (Å²) in [5, 5.41) is 0. The van der Waals surface area contributed by atoms with Crippen LogP contribution in [0.1, 0.15) is 68.2 Å². The fourth-order valence-electron chi connectivity index (χ4n) is 4.16. The van der Waals surface area contributed by atoms with Gasteiger partial charge in [0, 0.05) is 0 Å². The Morgan fingerprint density at radius 3 is 1.38 bits per heavy atom. The summed E-state index contributed by atoms with van der Waals surface area (Å²) in [4.78, 5) is 0. The van der Waals surface area contributed by atoms with Crippen LogP contribution in [0.5, 0.6) is 0 Å². The lowest BCUT2D eigenvalue weighted by molar-refractivity contribution is 0.0461. The van der Waals surface area contributed by atoms with Crippen molar-refractivity contribution in [2.45, 2.75) is 68.2 Å². The summed E-state index contributed by atoms with van der Waals surface area (Å²) in [6.07, 6.45) is 2.65. The average molecular weight is 222 g/mol. The van der Waals surface area contributed by atoms with Crippen LogP contribution in [0.3, 0.4) is 0 Å². The van der Waals surface area contributed by atoms with E-state index in [0.717, 1.165) is 11.8 Å². The SMILES string of the molecule is CC1=C(C)CC(C(C(C)(C)C)C(C)(C)C)C1. The van der Waals surface area contributed by atoms with Crippen molar-refractivity contribution >= 4 is 0 Å². The molecule has 0 bridgehead atoms. The maximum absolute atomic E-state index is 2.41. The van der Waals surface area contributed by atoms with Gasteiger partial charge in [-0.25, -0.2) is 0 Å². The molecule has 0 spiro atoms. The molecule has 0 atom stereocenters. The van der Waals surface area contributed by atoms with E-state index in [0.29, 0.717) is 10.8 Å². The van der Waals surface area contributed by atoms with Crippen molar-refractivity contribution in [1.29, 1.82) is 0 Å². The third-order valence-corrected chi connectivity index (χ3v) is 4.20. The molecule has 1 aliphatic rings. The van der Waals surface area contributed by atoms with E-state index in [-0.39, 0.29) is 0 Å². The summed E-state index contributed by atoms with van der Waals surface area (Å²) in [6, 6.07) is 0. The van der Waals surface area contributed by atoms with E-state index in [1.54, 1.807) is 11.1 Å². The van der Waals surface area contributed by atoms with Gasteiger partial charge in [0.2, 0.25) is 0 Å². The first-order valence-electron chi connectivity index (χ1n) is 6.68. The molecule has 0 aromatic rings. The van der Waals surface area contributed by atoms with E-state index >= 15 is 0 Å². The van der Waals surface area contributed by atoms with Gasteiger partial charge in [0.25, 0.3) is 0 Å². The van der Waals surface area contributed by atoms with E-state index < -0.39 is 0 Å². The zero-order chi connectivity index (χ0) is 12.7. The Morgan fingerprint density at radius 1 is 0.812 bits per heavy atom.